The first-order valence-electron chi connectivity index (χ1n) is 10.0. The van der Waals surface area contributed by atoms with E-state index >= 15 is 0 Å². The molecule has 0 bridgehead atoms. The topological polar surface area (TPSA) is 113 Å². The maximum absolute atomic E-state index is 12.7. The van der Waals surface area contributed by atoms with Gasteiger partial charge in [-0.2, -0.15) is 0 Å². The van der Waals surface area contributed by atoms with Gasteiger partial charge in [0.05, 0.1) is 5.69 Å². The Labute approximate surface area is 179 Å². The number of fused-ring (bicyclic) bond motifs is 1. The van der Waals surface area contributed by atoms with Crippen LogP contribution in [0.3, 0.4) is 0 Å². The maximum atomic E-state index is 12.7. The molecule has 2 N–H and O–H groups in total. The van der Waals surface area contributed by atoms with E-state index in [1.54, 1.807) is 49.4 Å². The third-order valence-corrected chi connectivity index (χ3v) is 4.95. The number of hydrogen-bond donors (Lipinski definition) is 2. The van der Waals surface area contributed by atoms with E-state index in [9.17, 15) is 24.3 Å². The number of carboxylic acid groups (broad SMARTS) is 1. The zero-order chi connectivity index (χ0) is 22.5. The fraction of sp³-hybridized carbons (Fsp3) is 0.304. The van der Waals surface area contributed by atoms with Gasteiger partial charge in [0.2, 0.25) is 5.91 Å². The first-order valence-corrected chi connectivity index (χ1v) is 10.0. The van der Waals surface area contributed by atoms with Crippen LogP contribution in [-0.2, 0) is 14.4 Å². The summed E-state index contributed by atoms with van der Waals surface area (Å²) in [6.45, 7) is 3.06. The largest absolute Gasteiger partial charge is 0.479 e. The number of benzene rings is 2. The van der Waals surface area contributed by atoms with Gasteiger partial charge in [-0.05, 0) is 37.1 Å². The minimum atomic E-state index is -1.25. The zero-order valence-corrected chi connectivity index (χ0v) is 17.3. The van der Waals surface area contributed by atoms with Gasteiger partial charge in [0.25, 0.3) is 5.91 Å². The number of carbonyl (C=O) groups is 4. The molecule has 162 valence electrons. The van der Waals surface area contributed by atoms with E-state index in [2.05, 4.69) is 5.32 Å². The van der Waals surface area contributed by atoms with Gasteiger partial charge in [-0.15, -0.1) is 0 Å². The molecule has 0 aromatic heterocycles. The molecule has 3 rings (SSSR count). The van der Waals surface area contributed by atoms with Crippen molar-refractivity contribution in [2.45, 2.75) is 38.8 Å². The van der Waals surface area contributed by atoms with Crippen LogP contribution in [0.25, 0.3) is 0 Å². The number of amides is 2. The molecule has 0 saturated carbocycles. The van der Waals surface area contributed by atoms with Crippen LogP contribution in [0, 0.1) is 0 Å². The van der Waals surface area contributed by atoms with Gasteiger partial charge < -0.3 is 15.2 Å². The van der Waals surface area contributed by atoms with Gasteiger partial charge in [0, 0.05) is 12.0 Å². The van der Waals surface area contributed by atoms with Crippen molar-refractivity contribution in [2.24, 2.45) is 0 Å². The minimum Gasteiger partial charge on any atom is -0.479 e. The lowest BCUT2D eigenvalue weighted by Gasteiger charge is -2.33. The van der Waals surface area contributed by atoms with Crippen LogP contribution in [-0.4, -0.2) is 41.3 Å². The van der Waals surface area contributed by atoms with Crippen molar-refractivity contribution in [2.75, 3.05) is 11.4 Å². The van der Waals surface area contributed by atoms with E-state index in [4.69, 9.17) is 4.74 Å². The average Bonchev–Trinajstić information content (AvgIpc) is 2.75. The van der Waals surface area contributed by atoms with Crippen LogP contribution in [0.5, 0.6) is 5.75 Å². The third-order valence-electron chi connectivity index (χ3n) is 4.95. The van der Waals surface area contributed by atoms with Crippen molar-refractivity contribution in [3.8, 4) is 5.75 Å². The molecule has 0 radical (unpaired) electrons. The Morgan fingerprint density at radius 2 is 1.87 bits per heavy atom. The second-order valence-electron chi connectivity index (χ2n) is 7.29. The maximum Gasteiger partial charge on any atom is 0.330 e. The molecule has 2 amide bonds. The van der Waals surface area contributed by atoms with E-state index < -0.39 is 36.5 Å². The number of nitrogens with zero attached hydrogens (tertiary/aromatic N) is 1. The molecule has 0 spiro atoms. The molecule has 0 saturated heterocycles. The van der Waals surface area contributed by atoms with Gasteiger partial charge in [-0.3, -0.25) is 19.3 Å². The summed E-state index contributed by atoms with van der Waals surface area (Å²) < 4.78 is 5.61. The molecule has 2 atom stereocenters. The van der Waals surface area contributed by atoms with Gasteiger partial charge in [0.1, 0.15) is 12.3 Å². The van der Waals surface area contributed by atoms with Gasteiger partial charge in [-0.25, -0.2) is 4.79 Å². The van der Waals surface area contributed by atoms with Gasteiger partial charge in [0.15, 0.2) is 17.9 Å². The summed E-state index contributed by atoms with van der Waals surface area (Å²) in [5, 5.41) is 12.0. The van der Waals surface area contributed by atoms with Crippen molar-refractivity contribution in [3.05, 3.63) is 59.7 Å². The number of Topliss-reactive ketones (excluding diaryl/α,β-unsaturated/α-hetero) is 1. The van der Waals surface area contributed by atoms with Crippen molar-refractivity contribution in [1.82, 2.24) is 5.32 Å². The Kier molecular flexibility index (Phi) is 6.69. The van der Waals surface area contributed by atoms with E-state index in [1.165, 1.54) is 11.0 Å². The first kappa shape index (κ1) is 22.0. The predicted molar refractivity (Wildman–Crippen MR) is 113 cm³/mol. The van der Waals surface area contributed by atoms with Crippen molar-refractivity contribution in [3.63, 3.8) is 0 Å². The lowest BCUT2D eigenvalue weighted by molar-refractivity contribution is -0.141. The molecular formula is C23H24N2O6. The standard InChI is InChI=1S/C23H24N2O6/c1-3-7-18(26)16-10-11-19-17(12-16)25(22(28)14(2)31-19)13-20(27)24-21(23(29)30)15-8-5-4-6-9-15/h4-6,8-12,14,21H,3,7,13H2,1-2H3,(H,24,27)(H,29,30). The number of aliphatic carboxylic acids is 1. The van der Waals surface area contributed by atoms with Crippen LogP contribution in [0.15, 0.2) is 48.5 Å². The lowest BCUT2D eigenvalue weighted by atomic mass is 10.0. The Bertz CT molecular complexity index is 1000. The monoisotopic (exact) mass is 424 g/mol. The van der Waals surface area contributed by atoms with Crippen molar-refractivity contribution < 1.29 is 29.0 Å². The Balaban J connectivity index is 1.85. The quantitative estimate of drug-likeness (QED) is 0.630. The fourth-order valence-corrected chi connectivity index (χ4v) is 3.40. The highest BCUT2D eigenvalue weighted by molar-refractivity contribution is 6.06. The molecule has 2 aromatic rings. The van der Waals surface area contributed by atoms with E-state index in [-0.39, 0.29) is 5.78 Å². The average molecular weight is 424 g/mol. The normalized spacial score (nSPS) is 16.1. The summed E-state index contributed by atoms with van der Waals surface area (Å²) in [4.78, 5) is 50.6. The summed E-state index contributed by atoms with van der Waals surface area (Å²) >= 11 is 0. The number of ether oxygens (including phenoxy) is 1. The summed E-state index contributed by atoms with van der Waals surface area (Å²) in [6.07, 6.45) is 0.230. The van der Waals surface area contributed by atoms with Crippen LogP contribution in [0.2, 0.25) is 0 Å². The molecular weight excluding hydrogens is 400 g/mol. The summed E-state index contributed by atoms with van der Waals surface area (Å²) in [6, 6.07) is 11.8. The molecule has 8 nitrogen and oxygen atoms in total. The van der Waals surface area contributed by atoms with Gasteiger partial charge in [-0.1, -0.05) is 37.3 Å². The first-order chi connectivity index (χ1) is 14.8. The molecule has 0 aliphatic carbocycles. The van der Waals surface area contributed by atoms with Crippen molar-refractivity contribution in [1.29, 1.82) is 0 Å². The molecule has 31 heavy (non-hydrogen) atoms. The highest BCUT2D eigenvalue weighted by Gasteiger charge is 2.34. The summed E-state index contributed by atoms with van der Waals surface area (Å²) in [7, 11) is 0. The molecule has 1 aliphatic rings. The highest BCUT2D eigenvalue weighted by Crippen LogP contribution is 2.35. The van der Waals surface area contributed by atoms with Crippen molar-refractivity contribution >= 4 is 29.3 Å². The number of carbonyl (C=O) groups excluding carboxylic acids is 3. The van der Waals surface area contributed by atoms with Crippen LogP contribution in [0.1, 0.15) is 48.7 Å². The van der Waals surface area contributed by atoms with E-state index in [0.717, 1.165) is 0 Å². The summed E-state index contributed by atoms with van der Waals surface area (Å²) in [5.74, 6) is -2.00. The molecule has 2 unspecified atom stereocenters. The third kappa shape index (κ3) is 4.91. The van der Waals surface area contributed by atoms with Crippen LogP contribution < -0.4 is 15.0 Å². The van der Waals surface area contributed by atoms with E-state index in [0.29, 0.717) is 35.4 Å². The summed E-state index contributed by atoms with van der Waals surface area (Å²) in [5.41, 5.74) is 1.15. The van der Waals surface area contributed by atoms with Crippen LogP contribution in [0.4, 0.5) is 5.69 Å². The molecule has 1 aliphatic heterocycles. The number of anilines is 1. The Morgan fingerprint density at radius 3 is 2.52 bits per heavy atom. The van der Waals surface area contributed by atoms with Crippen LogP contribution >= 0.6 is 0 Å². The molecule has 1 heterocycles. The zero-order valence-electron chi connectivity index (χ0n) is 17.3. The van der Waals surface area contributed by atoms with Gasteiger partial charge >= 0.3 is 5.97 Å². The van der Waals surface area contributed by atoms with E-state index in [1.807, 2.05) is 6.92 Å². The smallest absolute Gasteiger partial charge is 0.330 e. The molecule has 0 fully saturated rings. The fourth-order valence-electron chi connectivity index (χ4n) is 3.40. The number of nitrogens with one attached hydrogen (secondary N) is 1. The Morgan fingerprint density at radius 1 is 1.16 bits per heavy atom. The lowest BCUT2D eigenvalue weighted by Crippen LogP contribution is -2.49. The second kappa shape index (κ2) is 9.42. The second-order valence-corrected chi connectivity index (χ2v) is 7.29. The number of ketones is 1. The molecule has 8 heteroatoms. The predicted octanol–water partition coefficient (Wildman–Crippen LogP) is 2.73. The highest BCUT2D eigenvalue weighted by atomic mass is 16.5. The number of carboxylic acids is 1. The minimum absolute atomic E-state index is 0.0733. The Hall–Kier alpha value is -3.68. The number of hydrogen-bond acceptors (Lipinski definition) is 5. The molecule has 2 aromatic carbocycles. The number of rotatable bonds is 8. The SMILES string of the molecule is CCCC(=O)c1ccc2c(c1)N(CC(=O)NC(C(=O)O)c1ccccc1)C(=O)C(C)O2.